The Hall–Kier alpha value is -0.800. The molecule has 0 saturated heterocycles. The van der Waals surface area contributed by atoms with Crippen LogP contribution in [0.5, 0.6) is 0 Å². The van der Waals surface area contributed by atoms with Crippen LogP contribution >= 0.6 is 0 Å². The van der Waals surface area contributed by atoms with Gasteiger partial charge in [0.25, 0.3) is 0 Å². The third-order valence-corrected chi connectivity index (χ3v) is 4.07. The number of nitrogens with two attached hydrogens (primary N) is 1. The highest BCUT2D eigenvalue weighted by atomic mass is 15.2. The monoisotopic (exact) mass is 219 g/mol. The van der Waals surface area contributed by atoms with Crippen LogP contribution in [0.15, 0.2) is 12.1 Å². The van der Waals surface area contributed by atoms with Crippen molar-refractivity contribution in [2.75, 3.05) is 13.6 Å². The molecule has 3 heteroatoms. The zero-order chi connectivity index (χ0) is 11.2. The van der Waals surface area contributed by atoms with Crippen molar-refractivity contribution >= 4 is 0 Å². The van der Waals surface area contributed by atoms with E-state index >= 15 is 0 Å². The van der Waals surface area contributed by atoms with Gasteiger partial charge in [-0.2, -0.15) is 0 Å². The molecule has 2 aliphatic rings. The van der Waals surface area contributed by atoms with Crippen LogP contribution in [0.4, 0.5) is 0 Å². The van der Waals surface area contributed by atoms with Gasteiger partial charge in [0.15, 0.2) is 0 Å². The van der Waals surface area contributed by atoms with Gasteiger partial charge in [0, 0.05) is 36.6 Å². The first-order chi connectivity index (χ1) is 7.66. The lowest BCUT2D eigenvalue weighted by molar-refractivity contribution is 0.267. The minimum Gasteiger partial charge on any atom is -0.346 e. The summed E-state index contributed by atoms with van der Waals surface area (Å²) in [5.74, 6) is 0. The summed E-state index contributed by atoms with van der Waals surface area (Å²) in [6, 6.07) is 4.57. The average molecular weight is 219 g/mol. The first-order valence-corrected chi connectivity index (χ1v) is 6.31. The van der Waals surface area contributed by atoms with Crippen LogP contribution in [-0.2, 0) is 19.5 Å². The second-order valence-corrected chi connectivity index (χ2v) is 5.57. The molecule has 0 bridgehead atoms. The van der Waals surface area contributed by atoms with Crippen LogP contribution in [0.25, 0.3) is 0 Å². The fourth-order valence-corrected chi connectivity index (χ4v) is 2.61. The van der Waals surface area contributed by atoms with E-state index in [9.17, 15) is 0 Å². The largest absolute Gasteiger partial charge is 0.346 e. The lowest BCUT2D eigenvalue weighted by Gasteiger charge is -2.26. The maximum absolute atomic E-state index is 6.14. The van der Waals surface area contributed by atoms with Crippen LogP contribution < -0.4 is 5.73 Å². The Balaban J connectivity index is 1.71. The minimum absolute atomic E-state index is 0.191. The number of likely N-dealkylation sites (N-methyl/N-ethyl adjacent to an activating group) is 1. The van der Waals surface area contributed by atoms with Crippen LogP contribution in [0.3, 0.4) is 0 Å². The molecule has 1 saturated carbocycles. The molecule has 0 unspecified atom stereocenters. The lowest BCUT2D eigenvalue weighted by Crippen LogP contribution is -2.31. The smallest absolute Gasteiger partial charge is 0.0384 e. The van der Waals surface area contributed by atoms with Crippen molar-refractivity contribution in [2.24, 2.45) is 5.73 Å². The van der Waals surface area contributed by atoms with Crippen molar-refractivity contribution in [3.05, 3.63) is 23.5 Å². The predicted molar refractivity (Wildman–Crippen MR) is 65.2 cm³/mol. The molecule has 1 aliphatic heterocycles. The van der Waals surface area contributed by atoms with Gasteiger partial charge in [0.1, 0.15) is 0 Å². The van der Waals surface area contributed by atoms with Crippen molar-refractivity contribution in [1.29, 1.82) is 0 Å². The van der Waals surface area contributed by atoms with Crippen molar-refractivity contribution in [3.8, 4) is 0 Å². The first-order valence-electron chi connectivity index (χ1n) is 6.31. The summed E-state index contributed by atoms with van der Waals surface area (Å²) < 4.78 is 2.49. The topological polar surface area (TPSA) is 34.2 Å². The summed E-state index contributed by atoms with van der Waals surface area (Å²) >= 11 is 0. The van der Waals surface area contributed by atoms with Crippen molar-refractivity contribution in [1.82, 2.24) is 9.47 Å². The van der Waals surface area contributed by atoms with Crippen molar-refractivity contribution in [3.63, 3.8) is 0 Å². The molecule has 0 spiro atoms. The van der Waals surface area contributed by atoms with E-state index in [1.165, 1.54) is 30.8 Å². The highest BCUT2D eigenvalue weighted by molar-refractivity contribution is 5.19. The van der Waals surface area contributed by atoms with E-state index < -0.39 is 0 Å². The van der Waals surface area contributed by atoms with E-state index in [0.717, 1.165) is 25.9 Å². The molecule has 0 aromatic carbocycles. The van der Waals surface area contributed by atoms with E-state index in [1.807, 2.05) is 0 Å². The zero-order valence-electron chi connectivity index (χ0n) is 10.1. The molecule has 1 fully saturated rings. The van der Waals surface area contributed by atoms with Crippen LogP contribution in [0, 0.1) is 0 Å². The molecule has 3 rings (SSSR count). The number of nitrogens with zero attached hydrogens (tertiary/aromatic N) is 2. The van der Waals surface area contributed by atoms with Crippen LogP contribution in [-0.4, -0.2) is 28.6 Å². The standard InChI is InChI=1S/C13H21N3/c1-15-8-9-16-11(2-3-12(16)10-15)4-5-13(14)6-7-13/h2-3H,4-10,14H2,1H3. The SMILES string of the molecule is CN1CCn2c(CCC3(N)CC3)ccc2C1. The first kappa shape index (κ1) is 10.4. The quantitative estimate of drug-likeness (QED) is 0.833. The molecule has 16 heavy (non-hydrogen) atoms. The zero-order valence-corrected chi connectivity index (χ0v) is 10.1. The van der Waals surface area contributed by atoms with E-state index in [-0.39, 0.29) is 5.54 Å². The molecule has 1 aliphatic carbocycles. The molecule has 2 heterocycles. The lowest BCUT2D eigenvalue weighted by atomic mass is 10.1. The summed E-state index contributed by atoms with van der Waals surface area (Å²) in [5, 5.41) is 0. The highest BCUT2D eigenvalue weighted by Gasteiger charge is 2.37. The van der Waals surface area contributed by atoms with Crippen LogP contribution in [0.1, 0.15) is 30.7 Å². The molecule has 1 aromatic rings. The molecule has 2 N–H and O–H groups in total. The number of aryl methyl sites for hydroxylation is 1. The Morgan fingerprint density at radius 2 is 2.12 bits per heavy atom. The minimum atomic E-state index is 0.191. The maximum Gasteiger partial charge on any atom is 0.0384 e. The summed E-state index contributed by atoms with van der Waals surface area (Å²) in [6.07, 6.45) is 4.76. The number of hydrogen-bond acceptors (Lipinski definition) is 2. The Bertz CT molecular complexity index is 390. The number of rotatable bonds is 3. The van der Waals surface area contributed by atoms with Gasteiger partial charge in [-0.15, -0.1) is 0 Å². The molecule has 88 valence electrons. The summed E-state index contributed by atoms with van der Waals surface area (Å²) in [5.41, 5.74) is 9.28. The van der Waals surface area contributed by atoms with Gasteiger partial charge in [0.05, 0.1) is 0 Å². The Morgan fingerprint density at radius 3 is 2.88 bits per heavy atom. The van der Waals surface area contributed by atoms with Gasteiger partial charge < -0.3 is 10.3 Å². The third kappa shape index (κ3) is 1.89. The molecule has 3 nitrogen and oxygen atoms in total. The van der Waals surface area contributed by atoms with Gasteiger partial charge in [0.2, 0.25) is 0 Å². The molecule has 0 radical (unpaired) electrons. The number of hydrogen-bond donors (Lipinski definition) is 1. The predicted octanol–water partition coefficient (Wildman–Crippen LogP) is 1.36. The normalized spacial score (nSPS) is 23.1. The van der Waals surface area contributed by atoms with E-state index in [2.05, 4.69) is 28.6 Å². The van der Waals surface area contributed by atoms with E-state index in [4.69, 9.17) is 5.73 Å². The second kappa shape index (κ2) is 3.60. The van der Waals surface area contributed by atoms with Crippen molar-refractivity contribution < 1.29 is 0 Å². The number of fused-ring (bicyclic) bond motifs is 1. The molecular formula is C13H21N3. The number of aromatic nitrogens is 1. The van der Waals surface area contributed by atoms with Gasteiger partial charge >= 0.3 is 0 Å². The third-order valence-electron chi connectivity index (χ3n) is 4.07. The average Bonchev–Trinajstić information content (AvgIpc) is 2.87. The Labute approximate surface area is 97.2 Å². The van der Waals surface area contributed by atoms with Gasteiger partial charge in [-0.1, -0.05) is 0 Å². The Kier molecular flexibility index (Phi) is 2.33. The van der Waals surface area contributed by atoms with Crippen molar-refractivity contribution in [2.45, 2.75) is 44.3 Å². The summed E-state index contributed by atoms with van der Waals surface area (Å²) in [6.45, 7) is 3.40. The fourth-order valence-electron chi connectivity index (χ4n) is 2.61. The second-order valence-electron chi connectivity index (χ2n) is 5.57. The summed E-state index contributed by atoms with van der Waals surface area (Å²) in [4.78, 5) is 2.38. The van der Waals surface area contributed by atoms with E-state index in [0.29, 0.717) is 0 Å². The highest BCUT2D eigenvalue weighted by Crippen LogP contribution is 2.36. The van der Waals surface area contributed by atoms with Gasteiger partial charge in [-0.3, -0.25) is 4.90 Å². The molecule has 0 atom stereocenters. The molecule has 0 amide bonds. The summed E-state index contributed by atoms with van der Waals surface area (Å²) in [7, 11) is 2.19. The Morgan fingerprint density at radius 1 is 1.31 bits per heavy atom. The van der Waals surface area contributed by atoms with E-state index in [1.54, 1.807) is 0 Å². The maximum atomic E-state index is 6.14. The molecule has 1 aromatic heterocycles. The molecular weight excluding hydrogens is 198 g/mol. The van der Waals surface area contributed by atoms with Crippen LogP contribution in [0.2, 0.25) is 0 Å². The fraction of sp³-hybridized carbons (Fsp3) is 0.692. The van der Waals surface area contributed by atoms with Gasteiger partial charge in [-0.05, 0) is 44.9 Å². The van der Waals surface area contributed by atoms with Gasteiger partial charge in [-0.25, -0.2) is 0 Å².